The molecule has 3 rings (SSSR count). The Morgan fingerprint density at radius 2 is 1.81 bits per heavy atom. The van der Waals surface area contributed by atoms with E-state index in [1.54, 1.807) is 12.1 Å². The number of phenolic OH excluding ortho intramolecular Hbond substituents is 1. The summed E-state index contributed by atoms with van der Waals surface area (Å²) in [6.07, 6.45) is 5.59. The van der Waals surface area contributed by atoms with Crippen LogP contribution in [0.2, 0.25) is 0 Å². The molecule has 4 heteroatoms. The van der Waals surface area contributed by atoms with Gasteiger partial charge in [0.25, 0.3) is 0 Å². The molecule has 1 atom stereocenters. The van der Waals surface area contributed by atoms with Gasteiger partial charge < -0.3 is 10.0 Å². The van der Waals surface area contributed by atoms with Gasteiger partial charge in [0.15, 0.2) is 0 Å². The van der Waals surface area contributed by atoms with E-state index in [0.29, 0.717) is 17.6 Å². The van der Waals surface area contributed by atoms with Gasteiger partial charge in [-0.05, 0) is 55.1 Å². The van der Waals surface area contributed by atoms with E-state index in [1.165, 1.54) is 18.4 Å². The van der Waals surface area contributed by atoms with E-state index in [0.717, 1.165) is 38.1 Å². The number of carbonyl (C=O) groups excluding carboxylic acids is 1. The van der Waals surface area contributed by atoms with E-state index in [2.05, 4.69) is 4.90 Å². The van der Waals surface area contributed by atoms with Gasteiger partial charge in [-0.2, -0.15) is 0 Å². The van der Waals surface area contributed by atoms with E-state index in [4.69, 9.17) is 0 Å². The lowest BCUT2D eigenvalue weighted by atomic mass is 9.89. The first kappa shape index (κ1) is 14.8. The second-order valence-electron chi connectivity index (χ2n) is 6.05. The van der Waals surface area contributed by atoms with Crippen LogP contribution in [0.15, 0.2) is 24.3 Å². The molecule has 2 aliphatic rings. The SMILES string of the molecule is O=C(C1CCCCS1)N1CCC(c2ccc(O)cc2)CC1. The van der Waals surface area contributed by atoms with E-state index >= 15 is 0 Å². The minimum absolute atomic E-state index is 0.212. The van der Waals surface area contributed by atoms with Gasteiger partial charge in [-0.15, -0.1) is 11.8 Å². The van der Waals surface area contributed by atoms with Crippen LogP contribution in [0.1, 0.15) is 43.6 Å². The summed E-state index contributed by atoms with van der Waals surface area (Å²) < 4.78 is 0. The van der Waals surface area contributed by atoms with E-state index < -0.39 is 0 Å². The first-order valence-corrected chi connectivity index (χ1v) is 8.98. The highest BCUT2D eigenvalue weighted by atomic mass is 32.2. The number of thioether (sulfide) groups is 1. The summed E-state index contributed by atoms with van der Waals surface area (Å²) >= 11 is 1.84. The van der Waals surface area contributed by atoms with Crippen molar-refractivity contribution in [3.8, 4) is 5.75 Å². The second kappa shape index (κ2) is 6.73. The van der Waals surface area contributed by atoms with E-state index in [1.807, 2.05) is 23.9 Å². The van der Waals surface area contributed by atoms with Crippen molar-refractivity contribution in [3.63, 3.8) is 0 Å². The fourth-order valence-electron chi connectivity index (χ4n) is 3.32. The van der Waals surface area contributed by atoms with Crippen LogP contribution in [-0.2, 0) is 4.79 Å². The molecule has 0 spiro atoms. The average molecular weight is 305 g/mol. The highest BCUT2D eigenvalue weighted by Crippen LogP contribution is 2.32. The number of aromatic hydroxyl groups is 1. The quantitative estimate of drug-likeness (QED) is 0.910. The lowest BCUT2D eigenvalue weighted by Gasteiger charge is -2.35. The highest BCUT2D eigenvalue weighted by Gasteiger charge is 2.29. The molecule has 2 aliphatic heterocycles. The molecule has 1 N–H and O–H groups in total. The van der Waals surface area contributed by atoms with Gasteiger partial charge in [0, 0.05) is 13.1 Å². The molecule has 0 bridgehead atoms. The monoisotopic (exact) mass is 305 g/mol. The van der Waals surface area contributed by atoms with Crippen molar-refractivity contribution in [2.75, 3.05) is 18.8 Å². The molecule has 0 saturated carbocycles. The predicted octanol–water partition coefficient (Wildman–Crippen LogP) is 3.38. The molecule has 1 unspecified atom stereocenters. The summed E-state index contributed by atoms with van der Waals surface area (Å²) in [5.41, 5.74) is 1.28. The third-order valence-electron chi connectivity index (χ3n) is 4.63. The molecule has 2 heterocycles. The molecule has 114 valence electrons. The van der Waals surface area contributed by atoms with Gasteiger partial charge >= 0.3 is 0 Å². The van der Waals surface area contributed by atoms with Gasteiger partial charge in [-0.25, -0.2) is 0 Å². The van der Waals surface area contributed by atoms with Crippen LogP contribution < -0.4 is 0 Å². The third kappa shape index (κ3) is 3.54. The normalized spacial score (nSPS) is 24.0. The Morgan fingerprint density at radius 3 is 2.43 bits per heavy atom. The molecule has 21 heavy (non-hydrogen) atoms. The molecule has 0 aliphatic carbocycles. The molecule has 0 radical (unpaired) electrons. The van der Waals surface area contributed by atoms with Crippen molar-refractivity contribution >= 4 is 17.7 Å². The standard InChI is InChI=1S/C17H23NO2S/c19-15-6-4-13(5-7-15)14-8-10-18(11-9-14)17(20)16-3-1-2-12-21-16/h4-7,14,16,19H,1-3,8-12H2. The largest absolute Gasteiger partial charge is 0.508 e. The number of hydrogen-bond donors (Lipinski definition) is 1. The maximum absolute atomic E-state index is 12.5. The average Bonchev–Trinajstić information content (AvgIpc) is 2.56. The Hall–Kier alpha value is -1.16. The number of likely N-dealkylation sites (tertiary alicyclic amines) is 1. The van der Waals surface area contributed by atoms with Crippen LogP contribution in [0.4, 0.5) is 0 Å². The molecular formula is C17H23NO2S. The Labute approximate surface area is 130 Å². The molecule has 3 nitrogen and oxygen atoms in total. The Kier molecular flexibility index (Phi) is 4.73. The van der Waals surface area contributed by atoms with Crippen molar-refractivity contribution in [1.29, 1.82) is 0 Å². The second-order valence-corrected chi connectivity index (χ2v) is 7.36. The number of hydrogen-bond acceptors (Lipinski definition) is 3. The maximum Gasteiger partial charge on any atom is 0.235 e. The molecular weight excluding hydrogens is 282 g/mol. The van der Waals surface area contributed by atoms with E-state index in [-0.39, 0.29) is 5.25 Å². The number of amides is 1. The maximum atomic E-state index is 12.5. The van der Waals surface area contributed by atoms with Gasteiger partial charge in [-0.3, -0.25) is 4.79 Å². The predicted molar refractivity (Wildman–Crippen MR) is 86.8 cm³/mol. The lowest BCUT2D eigenvalue weighted by molar-refractivity contribution is -0.131. The van der Waals surface area contributed by atoms with Crippen molar-refractivity contribution in [2.24, 2.45) is 0 Å². The summed E-state index contributed by atoms with van der Waals surface area (Å²) in [7, 11) is 0. The molecule has 1 aromatic rings. The van der Waals surface area contributed by atoms with Crippen molar-refractivity contribution in [1.82, 2.24) is 4.90 Å². The zero-order valence-electron chi connectivity index (χ0n) is 12.3. The molecule has 2 saturated heterocycles. The number of benzene rings is 1. The molecule has 1 aromatic carbocycles. The Bertz CT molecular complexity index is 474. The first-order chi connectivity index (χ1) is 10.2. The van der Waals surface area contributed by atoms with Crippen LogP contribution >= 0.6 is 11.8 Å². The van der Waals surface area contributed by atoms with Gasteiger partial charge in [-0.1, -0.05) is 18.6 Å². The Morgan fingerprint density at radius 1 is 1.10 bits per heavy atom. The highest BCUT2D eigenvalue weighted by molar-refractivity contribution is 8.00. The third-order valence-corrected chi connectivity index (χ3v) is 5.99. The number of phenols is 1. The van der Waals surface area contributed by atoms with Crippen molar-refractivity contribution in [2.45, 2.75) is 43.3 Å². The summed E-state index contributed by atoms with van der Waals surface area (Å²) in [4.78, 5) is 14.6. The van der Waals surface area contributed by atoms with Gasteiger partial charge in [0.2, 0.25) is 5.91 Å². The van der Waals surface area contributed by atoms with E-state index in [9.17, 15) is 9.90 Å². The fourth-order valence-corrected chi connectivity index (χ4v) is 4.60. The molecule has 1 amide bonds. The minimum atomic E-state index is 0.212. The number of piperidine rings is 1. The van der Waals surface area contributed by atoms with Crippen LogP contribution in [-0.4, -0.2) is 40.0 Å². The van der Waals surface area contributed by atoms with Gasteiger partial charge in [0.05, 0.1) is 5.25 Å². The van der Waals surface area contributed by atoms with Crippen LogP contribution in [0.25, 0.3) is 0 Å². The van der Waals surface area contributed by atoms with Crippen LogP contribution in [0.3, 0.4) is 0 Å². The summed E-state index contributed by atoms with van der Waals surface area (Å²) in [5, 5.41) is 9.57. The number of carbonyl (C=O) groups is 1. The minimum Gasteiger partial charge on any atom is -0.508 e. The first-order valence-electron chi connectivity index (χ1n) is 7.93. The van der Waals surface area contributed by atoms with Crippen LogP contribution in [0.5, 0.6) is 5.75 Å². The van der Waals surface area contributed by atoms with Crippen molar-refractivity contribution in [3.05, 3.63) is 29.8 Å². The summed E-state index contributed by atoms with van der Waals surface area (Å²) in [6, 6.07) is 7.53. The summed E-state index contributed by atoms with van der Waals surface area (Å²) in [5.74, 6) is 2.35. The zero-order chi connectivity index (χ0) is 14.7. The smallest absolute Gasteiger partial charge is 0.235 e. The zero-order valence-corrected chi connectivity index (χ0v) is 13.1. The number of nitrogens with zero attached hydrogens (tertiary/aromatic N) is 1. The van der Waals surface area contributed by atoms with Crippen LogP contribution in [0, 0.1) is 0 Å². The molecule has 0 aromatic heterocycles. The van der Waals surface area contributed by atoms with Gasteiger partial charge in [0.1, 0.15) is 5.75 Å². The topological polar surface area (TPSA) is 40.5 Å². The Balaban J connectivity index is 1.54. The lowest BCUT2D eigenvalue weighted by Crippen LogP contribution is -2.43. The fraction of sp³-hybridized carbons (Fsp3) is 0.588. The van der Waals surface area contributed by atoms with Crippen molar-refractivity contribution < 1.29 is 9.90 Å². The molecule has 2 fully saturated rings. The number of rotatable bonds is 2. The summed E-state index contributed by atoms with van der Waals surface area (Å²) in [6.45, 7) is 1.75.